The summed E-state index contributed by atoms with van der Waals surface area (Å²) in [6, 6.07) is 25.8. The molecular formula is C25H22N4O3S. The molecule has 1 aromatic heterocycles. The van der Waals surface area contributed by atoms with Gasteiger partial charge in [-0.15, -0.1) is 10.2 Å². The van der Waals surface area contributed by atoms with E-state index in [1.807, 2.05) is 67.6 Å². The Morgan fingerprint density at radius 3 is 2.33 bits per heavy atom. The molecule has 2 N–H and O–H groups in total. The molecule has 4 aromatic rings. The largest absolute Gasteiger partial charge is 0.411 e. The lowest BCUT2D eigenvalue weighted by Gasteiger charge is -2.16. The summed E-state index contributed by atoms with van der Waals surface area (Å²) in [5.41, 5.74) is 2.64. The molecule has 0 spiro atoms. The average Bonchev–Trinajstić information content (AvgIpc) is 3.33. The molecule has 4 rings (SSSR count). The molecule has 0 radical (unpaired) electrons. The van der Waals surface area contributed by atoms with Gasteiger partial charge in [0.25, 0.3) is 11.1 Å². The first-order valence-corrected chi connectivity index (χ1v) is 11.3. The number of rotatable bonds is 8. The summed E-state index contributed by atoms with van der Waals surface area (Å²) in [6.07, 6.45) is 0. The number of benzene rings is 3. The Morgan fingerprint density at radius 1 is 0.909 bits per heavy atom. The molecular weight excluding hydrogens is 436 g/mol. The Morgan fingerprint density at radius 2 is 1.58 bits per heavy atom. The second kappa shape index (κ2) is 10.6. The molecule has 0 bridgehead atoms. The maximum atomic E-state index is 12.8. The van der Waals surface area contributed by atoms with Gasteiger partial charge in [0.15, 0.2) is 0 Å². The van der Waals surface area contributed by atoms with Crippen LogP contribution in [0, 0.1) is 0 Å². The number of para-hydroxylation sites is 1. The lowest BCUT2D eigenvalue weighted by Crippen LogP contribution is -2.28. The summed E-state index contributed by atoms with van der Waals surface area (Å²) in [6.45, 7) is 1.92. The van der Waals surface area contributed by atoms with Crippen LogP contribution in [0.2, 0.25) is 0 Å². The molecule has 1 heterocycles. The van der Waals surface area contributed by atoms with Crippen molar-refractivity contribution in [3.63, 3.8) is 0 Å². The van der Waals surface area contributed by atoms with E-state index in [4.69, 9.17) is 4.42 Å². The van der Waals surface area contributed by atoms with Gasteiger partial charge >= 0.3 is 0 Å². The van der Waals surface area contributed by atoms with E-state index in [0.29, 0.717) is 22.4 Å². The fourth-order valence-electron chi connectivity index (χ4n) is 3.17. The van der Waals surface area contributed by atoms with Crippen molar-refractivity contribution in [2.45, 2.75) is 18.2 Å². The Kier molecular flexibility index (Phi) is 7.16. The normalized spacial score (nSPS) is 11.5. The molecule has 2 amide bonds. The van der Waals surface area contributed by atoms with Crippen molar-refractivity contribution < 1.29 is 14.0 Å². The van der Waals surface area contributed by atoms with Gasteiger partial charge in [-0.3, -0.25) is 9.59 Å². The van der Waals surface area contributed by atoms with Crippen LogP contribution in [0.15, 0.2) is 94.6 Å². The number of thioether (sulfide) groups is 1. The van der Waals surface area contributed by atoms with Crippen LogP contribution in [-0.2, 0) is 4.79 Å². The van der Waals surface area contributed by atoms with E-state index in [2.05, 4.69) is 20.8 Å². The van der Waals surface area contributed by atoms with Crippen LogP contribution >= 0.6 is 11.8 Å². The van der Waals surface area contributed by atoms with Gasteiger partial charge in [-0.2, -0.15) is 0 Å². The highest BCUT2D eigenvalue weighted by molar-refractivity contribution is 7.99. The fourth-order valence-corrected chi connectivity index (χ4v) is 3.73. The van der Waals surface area contributed by atoms with Gasteiger partial charge < -0.3 is 15.1 Å². The Hall–Kier alpha value is -3.91. The Bertz CT molecular complexity index is 1230. The van der Waals surface area contributed by atoms with Crippen molar-refractivity contribution >= 4 is 29.3 Å². The van der Waals surface area contributed by atoms with Crippen LogP contribution in [0.3, 0.4) is 0 Å². The molecule has 33 heavy (non-hydrogen) atoms. The number of anilines is 1. The highest BCUT2D eigenvalue weighted by Crippen LogP contribution is 2.23. The molecule has 0 saturated heterocycles. The summed E-state index contributed by atoms with van der Waals surface area (Å²) in [5, 5.41) is 14.1. The second-order valence-corrected chi connectivity index (χ2v) is 8.15. The van der Waals surface area contributed by atoms with E-state index in [1.165, 1.54) is 0 Å². The predicted molar refractivity (Wildman–Crippen MR) is 128 cm³/mol. The molecule has 166 valence electrons. The third-order valence-electron chi connectivity index (χ3n) is 4.85. The van der Waals surface area contributed by atoms with E-state index < -0.39 is 0 Å². The van der Waals surface area contributed by atoms with Gasteiger partial charge in [0.2, 0.25) is 11.8 Å². The monoisotopic (exact) mass is 458 g/mol. The first-order chi connectivity index (χ1) is 16.1. The minimum atomic E-state index is -0.282. The van der Waals surface area contributed by atoms with E-state index in [1.54, 1.807) is 24.3 Å². The van der Waals surface area contributed by atoms with Crippen molar-refractivity contribution in [3.05, 3.63) is 96.1 Å². The van der Waals surface area contributed by atoms with Crippen molar-refractivity contribution in [2.24, 2.45) is 0 Å². The summed E-state index contributed by atoms with van der Waals surface area (Å²) >= 11 is 1.13. The van der Waals surface area contributed by atoms with Gasteiger partial charge in [-0.25, -0.2) is 0 Å². The highest BCUT2D eigenvalue weighted by Gasteiger charge is 2.17. The number of hydrogen-bond donors (Lipinski definition) is 2. The SMILES string of the molecule is C[C@@H](NC(=O)c1ccccc1NC(=O)CSc1nnc(-c2ccccc2)o1)c1ccccc1. The van der Waals surface area contributed by atoms with Crippen molar-refractivity contribution in [2.75, 3.05) is 11.1 Å². The maximum absolute atomic E-state index is 12.8. The summed E-state index contributed by atoms with van der Waals surface area (Å²) in [7, 11) is 0. The van der Waals surface area contributed by atoms with Gasteiger partial charge in [0.05, 0.1) is 23.0 Å². The quantitative estimate of drug-likeness (QED) is 0.362. The number of carbonyl (C=O) groups is 2. The van der Waals surface area contributed by atoms with Crippen LogP contribution in [0.5, 0.6) is 0 Å². The maximum Gasteiger partial charge on any atom is 0.277 e. The minimum absolute atomic E-state index is 0.0623. The standard InChI is InChI=1S/C25H22N4O3S/c1-17(18-10-4-2-5-11-18)26-23(31)20-14-8-9-15-21(20)27-22(30)16-33-25-29-28-24(32-25)19-12-6-3-7-13-19/h2-15,17H,16H2,1H3,(H,26,31)(H,27,30)/t17-/m1/s1. The zero-order valence-corrected chi connectivity index (χ0v) is 18.7. The van der Waals surface area contributed by atoms with E-state index in [0.717, 1.165) is 22.9 Å². The number of amides is 2. The topological polar surface area (TPSA) is 97.1 Å². The summed E-state index contributed by atoms with van der Waals surface area (Å²) in [5.74, 6) is -0.0875. The fraction of sp³-hybridized carbons (Fsp3) is 0.120. The molecule has 3 aromatic carbocycles. The van der Waals surface area contributed by atoms with Crippen LogP contribution < -0.4 is 10.6 Å². The molecule has 8 heteroatoms. The molecule has 0 fully saturated rings. The number of nitrogens with zero attached hydrogens (tertiary/aromatic N) is 2. The van der Waals surface area contributed by atoms with E-state index >= 15 is 0 Å². The van der Waals surface area contributed by atoms with Crippen LogP contribution in [0.1, 0.15) is 28.9 Å². The van der Waals surface area contributed by atoms with Crippen LogP contribution in [-0.4, -0.2) is 27.8 Å². The average molecular weight is 459 g/mol. The molecule has 0 aliphatic heterocycles. The first-order valence-electron chi connectivity index (χ1n) is 10.4. The van der Waals surface area contributed by atoms with Gasteiger partial charge in [0, 0.05) is 5.56 Å². The molecule has 1 atom stereocenters. The van der Waals surface area contributed by atoms with Gasteiger partial charge in [-0.1, -0.05) is 72.4 Å². The van der Waals surface area contributed by atoms with E-state index in [-0.39, 0.29) is 23.6 Å². The molecule has 7 nitrogen and oxygen atoms in total. The summed E-state index contributed by atoms with van der Waals surface area (Å²) < 4.78 is 5.61. The lowest BCUT2D eigenvalue weighted by atomic mass is 10.1. The zero-order valence-electron chi connectivity index (χ0n) is 17.9. The third kappa shape index (κ3) is 5.87. The van der Waals surface area contributed by atoms with Crippen molar-refractivity contribution in [3.8, 4) is 11.5 Å². The van der Waals surface area contributed by atoms with Crippen molar-refractivity contribution in [1.29, 1.82) is 0 Å². The van der Waals surface area contributed by atoms with Crippen molar-refractivity contribution in [1.82, 2.24) is 15.5 Å². The molecule has 0 aliphatic carbocycles. The number of nitrogens with one attached hydrogen (secondary N) is 2. The van der Waals surface area contributed by atoms with Gasteiger partial charge in [0.1, 0.15) is 0 Å². The summed E-state index contributed by atoms with van der Waals surface area (Å²) in [4.78, 5) is 25.4. The highest BCUT2D eigenvalue weighted by atomic mass is 32.2. The molecule has 0 saturated carbocycles. The number of carbonyl (C=O) groups excluding carboxylic acids is 2. The Labute approximate surface area is 195 Å². The minimum Gasteiger partial charge on any atom is -0.411 e. The third-order valence-corrected chi connectivity index (χ3v) is 5.67. The Balaban J connectivity index is 1.36. The van der Waals surface area contributed by atoms with Crippen LogP contribution in [0.25, 0.3) is 11.5 Å². The number of hydrogen-bond acceptors (Lipinski definition) is 6. The first kappa shape index (κ1) is 22.3. The molecule has 0 aliphatic rings. The number of aromatic nitrogens is 2. The smallest absolute Gasteiger partial charge is 0.277 e. The zero-order chi connectivity index (χ0) is 23.0. The van der Waals surface area contributed by atoms with E-state index in [9.17, 15) is 9.59 Å². The second-order valence-electron chi connectivity index (χ2n) is 7.23. The predicted octanol–water partition coefficient (Wildman–Crippen LogP) is 4.96. The lowest BCUT2D eigenvalue weighted by molar-refractivity contribution is -0.113. The molecule has 0 unspecified atom stereocenters. The van der Waals surface area contributed by atoms with Gasteiger partial charge in [-0.05, 0) is 36.8 Å². The van der Waals surface area contributed by atoms with Crippen LogP contribution in [0.4, 0.5) is 5.69 Å².